The molecular weight excluding hydrogens is 421 g/mol. The summed E-state index contributed by atoms with van der Waals surface area (Å²) in [5.41, 5.74) is 2.36. The van der Waals surface area contributed by atoms with Crippen LogP contribution in [0.25, 0.3) is 0 Å². The van der Waals surface area contributed by atoms with Crippen LogP contribution < -0.4 is 10.6 Å². The van der Waals surface area contributed by atoms with Gasteiger partial charge in [-0.2, -0.15) is 0 Å². The highest BCUT2D eigenvalue weighted by Gasteiger charge is 2.06. The third-order valence-electron chi connectivity index (χ3n) is 3.23. The minimum Gasteiger partial charge on any atom is -0.357 e. The second-order valence-electron chi connectivity index (χ2n) is 5.55. The van der Waals surface area contributed by atoms with Crippen LogP contribution in [0.2, 0.25) is 0 Å². The molecule has 2 N–H and O–H groups in total. The van der Waals surface area contributed by atoms with E-state index < -0.39 is 0 Å². The molecule has 5 nitrogen and oxygen atoms in total. The molecule has 0 aromatic carbocycles. The van der Waals surface area contributed by atoms with Gasteiger partial charge in [0.25, 0.3) is 0 Å². The van der Waals surface area contributed by atoms with Gasteiger partial charge in [0, 0.05) is 31.4 Å². The normalized spacial score (nSPS) is 11.4. The van der Waals surface area contributed by atoms with Crippen molar-refractivity contribution in [2.45, 2.75) is 39.8 Å². The number of rotatable bonds is 6. The predicted octanol–water partition coefficient (Wildman–Crippen LogP) is 3.48. The van der Waals surface area contributed by atoms with Crippen LogP contribution in [-0.4, -0.2) is 22.1 Å². The average Bonchev–Trinajstić information content (AvgIpc) is 3.11. The average molecular weight is 447 g/mol. The molecular formula is C16H26IN5S. The van der Waals surface area contributed by atoms with E-state index in [4.69, 9.17) is 0 Å². The fourth-order valence-corrected chi connectivity index (χ4v) is 2.89. The Balaban J connectivity index is 0.00000264. The first-order chi connectivity index (χ1) is 10.6. The summed E-state index contributed by atoms with van der Waals surface area (Å²) in [4.78, 5) is 9.25. The second-order valence-corrected chi connectivity index (χ2v) is 6.50. The van der Waals surface area contributed by atoms with Crippen LogP contribution in [0.1, 0.15) is 43.0 Å². The summed E-state index contributed by atoms with van der Waals surface area (Å²) in [6.45, 7) is 8.62. The molecule has 0 saturated carbocycles. The Morgan fingerprint density at radius 1 is 1.39 bits per heavy atom. The first-order valence-electron chi connectivity index (χ1n) is 7.65. The van der Waals surface area contributed by atoms with Crippen molar-refractivity contribution < 1.29 is 0 Å². The number of aryl methyl sites for hydroxylation is 1. The largest absolute Gasteiger partial charge is 0.357 e. The van der Waals surface area contributed by atoms with Crippen molar-refractivity contribution in [3.63, 3.8) is 0 Å². The monoisotopic (exact) mass is 447 g/mol. The van der Waals surface area contributed by atoms with Gasteiger partial charge in [-0.25, -0.2) is 9.98 Å². The lowest BCUT2D eigenvalue weighted by Gasteiger charge is -2.09. The number of nitrogens with zero attached hydrogens (tertiary/aromatic N) is 3. The zero-order valence-electron chi connectivity index (χ0n) is 14.2. The van der Waals surface area contributed by atoms with Gasteiger partial charge in [-0.3, -0.25) is 0 Å². The summed E-state index contributed by atoms with van der Waals surface area (Å²) in [5, 5.41) is 9.84. The number of nitrogens with one attached hydrogen (secondary N) is 2. The fraction of sp³-hybridized carbons (Fsp3) is 0.500. The summed E-state index contributed by atoms with van der Waals surface area (Å²) in [6.07, 6.45) is 4.12. The van der Waals surface area contributed by atoms with E-state index in [1.54, 1.807) is 11.3 Å². The number of hydrogen-bond acceptors (Lipinski definition) is 3. The molecule has 2 rings (SSSR count). The third kappa shape index (κ3) is 6.50. The van der Waals surface area contributed by atoms with Gasteiger partial charge < -0.3 is 15.2 Å². The quantitative estimate of drug-likeness (QED) is 0.405. The summed E-state index contributed by atoms with van der Waals surface area (Å²) in [5.74, 6) is 1.30. The van der Waals surface area contributed by atoms with Crippen LogP contribution in [0.5, 0.6) is 0 Å². The van der Waals surface area contributed by atoms with E-state index in [2.05, 4.69) is 59.0 Å². The molecule has 0 aliphatic carbocycles. The standard InChI is InChI=1S/C16H25N5S.HI/c1-5-17-16(18-8-13-6-7-21(4)10-13)19-9-15-20-14(11-22-15)12(2)3;/h6-7,10-12H,5,8-9H2,1-4H3,(H2,17,18,19);1H. The van der Waals surface area contributed by atoms with Crippen LogP contribution in [0.3, 0.4) is 0 Å². The SMILES string of the molecule is CCNC(=NCc1ccn(C)c1)NCc1nc(C(C)C)cs1.I. The van der Waals surface area contributed by atoms with E-state index in [9.17, 15) is 0 Å². The highest BCUT2D eigenvalue weighted by Crippen LogP contribution is 2.17. The molecule has 2 aromatic rings. The topological polar surface area (TPSA) is 54.2 Å². The number of thiazole rings is 1. The lowest BCUT2D eigenvalue weighted by Crippen LogP contribution is -2.36. The van der Waals surface area contributed by atoms with Crippen molar-refractivity contribution in [3.8, 4) is 0 Å². The molecule has 0 amide bonds. The Labute approximate surface area is 159 Å². The zero-order chi connectivity index (χ0) is 15.9. The van der Waals surface area contributed by atoms with Crippen LogP contribution >= 0.6 is 35.3 Å². The van der Waals surface area contributed by atoms with Crippen LogP contribution in [-0.2, 0) is 20.1 Å². The van der Waals surface area contributed by atoms with E-state index in [1.165, 1.54) is 5.56 Å². The van der Waals surface area contributed by atoms with Crippen LogP contribution in [0.4, 0.5) is 0 Å². The van der Waals surface area contributed by atoms with E-state index >= 15 is 0 Å². The van der Waals surface area contributed by atoms with E-state index in [-0.39, 0.29) is 24.0 Å². The Kier molecular flexibility index (Phi) is 8.60. The molecule has 23 heavy (non-hydrogen) atoms. The van der Waals surface area contributed by atoms with E-state index in [1.807, 2.05) is 17.8 Å². The molecule has 0 spiro atoms. The Bertz CT molecular complexity index is 618. The fourth-order valence-electron chi connectivity index (χ4n) is 2.00. The van der Waals surface area contributed by atoms with Crippen molar-refractivity contribution in [1.82, 2.24) is 20.2 Å². The summed E-state index contributed by atoms with van der Waals surface area (Å²) >= 11 is 1.70. The summed E-state index contributed by atoms with van der Waals surface area (Å²) in [7, 11) is 2.02. The highest BCUT2D eigenvalue weighted by atomic mass is 127. The molecule has 0 unspecified atom stereocenters. The van der Waals surface area contributed by atoms with Crippen molar-refractivity contribution in [2.24, 2.45) is 12.0 Å². The molecule has 128 valence electrons. The van der Waals surface area contributed by atoms with Crippen LogP contribution in [0.15, 0.2) is 28.8 Å². The van der Waals surface area contributed by atoms with Crippen LogP contribution in [0, 0.1) is 0 Å². The number of hydrogen-bond donors (Lipinski definition) is 2. The Morgan fingerprint density at radius 3 is 2.74 bits per heavy atom. The molecule has 0 aliphatic rings. The molecule has 0 bridgehead atoms. The number of guanidine groups is 1. The van der Waals surface area contributed by atoms with Gasteiger partial charge in [0.05, 0.1) is 18.8 Å². The first-order valence-corrected chi connectivity index (χ1v) is 8.53. The Morgan fingerprint density at radius 2 is 2.17 bits per heavy atom. The van der Waals surface area contributed by atoms with E-state index in [0.717, 1.165) is 23.2 Å². The highest BCUT2D eigenvalue weighted by molar-refractivity contribution is 14.0. The molecule has 0 fully saturated rings. The Hall–Kier alpha value is -1.09. The first kappa shape index (κ1) is 20.0. The second kappa shape index (κ2) is 9.92. The minimum absolute atomic E-state index is 0. The lowest BCUT2D eigenvalue weighted by molar-refractivity contribution is 0.788. The van der Waals surface area contributed by atoms with E-state index in [0.29, 0.717) is 19.0 Å². The van der Waals surface area contributed by atoms with Gasteiger partial charge in [-0.05, 0) is 24.5 Å². The molecule has 7 heteroatoms. The maximum atomic E-state index is 4.63. The molecule has 0 aliphatic heterocycles. The van der Waals surface area contributed by atoms with Crippen molar-refractivity contribution >= 4 is 41.3 Å². The summed E-state index contributed by atoms with van der Waals surface area (Å²) in [6, 6.07) is 2.09. The van der Waals surface area contributed by atoms with Gasteiger partial charge >= 0.3 is 0 Å². The minimum atomic E-state index is 0. The number of aliphatic imine (C=N–C) groups is 1. The number of halogens is 1. The van der Waals surface area contributed by atoms with Gasteiger partial charge in [-0.1, -0.05) is 13.8 Å². The van der Waals surface area contributed by atoms with Gasteiger partial charge in [-0.15, -0.1) is 35.3 Å². The molecule has 2 aromatic heterocycles. The van der Waals surface area contributed by atoms with Gasteiger partial charge in [0.2, 0.25) is 0 Å². The lowest BCUT2D eigenvalue weighted by atomic mass is 10.2. The summed E-state index contributed by atoms with van der Waals surface area (Å²) < 4.78 is 2.04. The van der Waals surface area contributed by atoms with Gasteiger partial charge in [0.15, 0.2) is 5.96 Å². The van der Waals surface area contributed by atoms with Crippen molar-refractivity contribution in [1.29, 1.82) is 0 Å². The molecule has 0 atom stereocenters. The van der Waals surface area contributed by atoms with Crippen molar-refractivity contribution in [3.05, 3.63) is 40.1 Å². The zero-order valence-corrected chi connectivity index (χ0v) is 17.3. The van der Waals surface area contributed by atoms with Crippen molar-refractivity contribution in [2.75, 3.05) is 6.54 Å². The molecule has 2 heterocycles. The predicted molar refractivity (Wildman–Crippen MR) is 109 cm³/mol. The maximum Gasteiger partial charge on any atom is 0.191 e. The smallest absolute Gasteiger partial charge is 0.191 e. The maximum absolute atomic E-state index is 4.63. The number of aromatic nitrogens is 2. The molecule has 0 radical (unpaired) electrons. The third-order valence-corrected chi connectivity index (χ3v) is 4.09. The molecule has 0 saturated heterocycles. The van der Waals surface area contributed by atoms with Gasteiger partial charge in [0.1, 0.15) is 5.01 Å².